The summed E-state index contributed by atoms with van der Waals surface area (Å²) in [4.78, 5) is 26.2. The summed E-state index contributed by atoms with van der Waals surface area (Å²) in [5, 5.41) is 15.7. The van der Waals surface area contributed by atoms with Gasteiger partial charge in [0.2, 0.25) is 0 Å². The van der Waals surface area contributed by atoms with Crippen LogP contribution in [0.5, 0.6) is 0 Å². The average molecular weight is 420 g/mol. The molecule has 0 radical (unpaired) electrons. The first-order valence-electron chi connectivity index (χ1n) is 11.0. The zero-order valence-electron chi connectivity index (χ0n) is 20.2. The van der Waals surface area contributed by atoms with Gasteiger partial charge >= 0.3 is 12.1 Å². The highest BCUT2D eigenvalue weighted by Crippen LogP contribution is 2.32. The molecule has 6 heteroatoms. The summed E-state index contributed by atoms with van der Waals surface area (Å²) in [6, 6.07) is 5.50. The minimum absolute atomic E-state index is 0.258. The second kappa shape index (κ2) is 10.7. The predicted molar refractivity (Wildman–Crippen MR) is 125 cm³/mol. The van der Waals surface area contributed by atoms with Crippen LogP contribution in [0.1, 0.15) is 91.7 Å². The van der Waals surface area contributed by atoms with Gasteiger partial charge in [-0.1, -0.05) is 59.7 Å². The summed E-state index contributed by atoms with van der Waals surface area (Å²) in [6.07, 6.45) is -0.299. The van der Waals surface area contributed by atoms with Gasteiger partial charge in [-0.3, -0.25) is 4.90 Å². The van der Waals surface area contributed by atoms with Crippen LogP contribution in [0.25, 0.3) is 0 Å². The Kier molecular flexibility index (Phi) is 9.19. The highest BCUT2D eigenvalue weighted by Gasteiger charge is 2.33. The van der Waals surface area contributed by atoms with Gasteiger partial charge in [0.05, 0.1) is 6.04 Å². The molecule has 0 bridgehead atoms. The van der Waals surface area contributed by atoms with Crippen molar-refractivity contribution in [3.05, 3.63) is 29.3 Å². The SMILES string of the molecule is CC(C)C[C@@H](CNC(=O)Nc1c(C(C)C)cccc1C(C)C)N(C(=O)O)C(C)(C)C. The van der Waals surface area contributed by atoms with Crippen LogP contribution in [0.15, 0.2) is 18.2 Å². The van der Waals surface area contributed by atoms with Crippen LogP contribution in [-0.4, -0.2) is 40.3 Å². The molecule has 1 aromatic rings. The van der Waals surface area contributed by atoms with Crippen molar-refractivity contribution < 1.29 is 14.7 Å². The van der Waals surface area contributed by atoms with E-state index in [1.807, 2.05) is 39.0 Å². The number of anilines is 1. The van der Waals surface area contributed by atoms with Gasteiger partial charge in [-0.05, 0) is 56.1 Å². The highest BCUT2D eigenvalue weighted by molar-refractivity contribution is 5.91. The van der Waals surface area contributed by atoms with Crippen molar-refractivity contribution >= 4 is 17.8 Å². The molecule has 170 valence electrons. The number of rotatable bonds is 8. The molecule has 6 nitrogen and oxygen atoms in total. The summed E-state index contributed by atoms with van der Waals surface area (Å²) in [7, 11) is 0. The number of nitrogens with zero attached hydrogens (tertiary/aromatic N) is 1. The molecule has 0 fully saturated rings. The number of carboxylic acid groups (broad SMARTS) is 1. The molecule has 0 aliphatic rings. The van der Waals surface area contributed by atoms with Crippen molar-refractivity contribution in [2.75, 3.05) is 11.9 Å². The fraction of sp³-hybridized carbons (Fsp3) is 0.667. The van der Waals surface area contributed by atoms with Crippen LogP contribution in [0.3, 0.4) is 0 Å². The van der Waals surface area contributed by atoms with E-state index in [0.717, 1.165) is 16.8 Å². The largest absolute Gasteiger partial charge is 0.465 e. The lowest BCUT2D eigenvalue weighted by Crippen LogP contribution is -2.55. The van der Waals surface area contributed by atoms with E-state index in [2.05, 4.69) is 52.2 Å². The first-order valence-corrected chi connectivity index (χ1v) is 11.0. The first kappa shape index (κ1) is 25.8. The number of urea groups is 1. The summed E-state index contributed by atoms with van der Waals surface area (Å²) >= 11 is 0. The summed E-state index contributed by atoms with van der Waals surface area (Å²) in [5.74, 6) is 0.852. The number of hydrogen-bond acceptors (Lipinski definition) is 2. The molecule has 0 heterocycles. The normalized spacial score (nSPS) is 12.9. The zero-order valence-corrected chi connectivity index (χ0v) is 20.2. The molecule has 0 spiro atoms. The highest BCUT2D eigenvalue weighted by atomic mass is 16.4. The Hall–Kier alpha value is -2.24. The van der Waals surface area contributed by atoms with Gasteiger partial charge in [0.15, 0.2) is 0 Å². The van der Waals surface area contributed by atoms with Crippen molar-refractivity contribution in [2.24, 2.45) is 5.92 Å². The third-order valence-electron chi connectivity index (χ3n) is 5.15. The molecule has 0 saturated carbocycles. The maximum Gasteiger partial charge on any atom is 0.408 e. The molecule has 0 aliphatic carbocycles. The third-order valence-corrected chi connectivity index (χ3v) is 5.15. The lowest BCUT2D eigenvalue weighted by molar-refractivity contribution is 0.0635. The van der Waals surface area contributed by atoms with Crippen LogP contribution in [-0.2, 0) is 0 Å². The van der Waals surface area contributed by atoms with Crippen LogP contribution < -0.4 is 10.6 Å². The van der Waals surface area contributed by atoms with Crippen molar-refractivity contribution in [3.8, 4) is 0 Å². The Balaban J connectivity index is 3.05. The summed E-state index contributed by atoms with van der Waals surface area (Å²) in [5.41, 5.74) is 2.48. The number of para-hydroxylation sites is 1. The van der Waals surface area contributed by atoms with Gasteiger partial charge in [-0.2, -0.15) is 0 Å². The van der Waals surface area contributed by atoms with Crippen molar-refractivity contribution in [1.82, 2.24) is 10.2 Å². The van der Waals surface area contributed by atoms with E-state index in [4.69, 9.17) is 0 Å². The van der Waals surface area contributed by atoms with E-state index in [9.17, 15) is 14.7 Å². The standard InChI is InChI=1S/C24H41N3O3/c1-15(2)13-18(27(23(29)30)24(7,8)9)14-25-22(28)26-21-19(16(3)4)11-10-12-20(21)17(5)6/h10-12,15-18H,13-14H2,1-9H3,(H,29,30)(H2,25,26,28)/t18-/m0/s1. The molecule has 0 aromatic heterocycles. The van der Waals surface area contributed by atoms with Crippen LogP contribution >= 0.6 is 0 Å². The number of nitrogens with one attached hydrogen (secondary N) is 2. The first-order chi connectivity index (χ1) is 13.8. The van der Waals surface area contributed by atoms with Gasteiger partial charge in [-0.25, -0.2) is 9.59 Å². The molecule has 0 aliphatic heterocycles. The summed E-state index contributed by atoms with van der Waals surface area (Å²) < 4.78 is 0. The molecular formula is C24H41N3O3. The quantitative estimate of drug-likeness (QED) is 0.466. The predicted octanol–water partition coefficient (Wildman–Crippen LogP) is 6.25. The third kappa shape index (κ3) is 7.22. The molecular weight excluding hydrogens is 378 g/mol. The van der Waals surface area contributed by atoms with E-state index in [1.54, 1.807) is 0 Å². The van der Waals surface area contributed by atoms with Gasteiger partial charge in [-0.15, -0.1) is 0 Å². The smallest absolute Gasteiger partial charge is 0.408 e. The van der Waals surface area contributed by atoms with Gasteiger partial charge in [0, 0.05) is 17.8 Å². The summed E-state index contributed by atoms with van der Waals surface area (Å²) in [6.45, 7) is 18.4. The minimum atomic E-state index is -0.970. The molecule has 3 N–H and O–H groups in total. The maximum absolute atomic E-state index is 12.8. The average Bonchev–Trinajstić information content (AvgIpc) is 2.57. The fourth-order valence-electron chi connectivity index (χ4n) is 3.88. The Morgan fingerprint density at radius 3 is 1.87 bits per heavy atom. The molecule has 1 rings (SSSR count). The van der Waals surface area contributed by atoms with Gasteiger partial charge in [0.25, 0.3) is 0 Å². The van der Waals surface area contributed by atoms with E-state index < -0.39 is 11.6 Å². The van der Waals surface area contributed by atoms with Gasteiger partial charge < -0.3 is 15.7 Å². The Bertz CT molecular complexity index is 695. The second-order valence-corrected chi connectivity index (χ2v) is 10.1. The Labute approximate surface area is 182 Å². The molecule has 1 atom stereocenters. The number of hydrogen-bond donors (Lipinski definition) is 3. The minimum Gasteiger partial charge on any atom is -0.465 e. The van der Waals surface area contributed by atoms with Crippen molar-refractivity contribution in [3.63, 3.8) is 0 Å². The Morgan fingerprint density at radius 1 is 1.00 bits per heavy atom. The topological polar surface area (TPSA) is 81.7 Å². The zero-order chi connectivity index (χ0) is 23.2. The van der Waals surface area contributed by atoms with E-state index in [1.165, 1.54) is 4.90 Å². The van der Waals surface area contributed by atoms with E-state index >= 15 is 0 Å². The molecule has 30 heavy (non-hydrogen) atoms. The monoisotopic (exact) mass is 419 g/mol. The second-order valence-electron chi connectivity index (χ2n) is 10.1. The fourth-order valence-corrected chi connectivity index (χ4v) is 3.88. The number of benzene rings is 1. The molecule has 1 aromatic carbocycles. The van der Waals surface area contributed by atoms with Crippen LogP contribution in [0.4, 0.5) is 15.3 Å². The van der Waals surface area contributed by atoms with E-state index in [0.29, 0.717) is 12.3 Å². The van der Waals surface area contributed by atoms with Crippen molar-refractivity contribution in [1.29, 1.82) is 0 Å². The molecule has 0 saturated heterocycles. The van der Waals surface area contributed by atoms with Gasteiger partial charge in [0.1, 0.15) is 0 Å². The number of carbonyl (C=O) groups excluding carboxylic acids is 1. The van der Waals surface area contributed by atoms with Crippen molar-refractivity contribution in [2.45, 2.75) is 92.2 Å². The van der Waals surface area contributed by atoms with Crippen LogP contribution in [0.2, 0.25) is 0 Å². The maximum atomic E-state index is 12.8. The Morgan fingerprint density at radius 2 is 1.50 bits per heavy atom. The lowest BCUT2D eigenvalue weighted by atomic mass is 9.93. The van der Waals surface area contributed by atoms with Crippen LogP contribution in [0, 0.1) is 5.92 Å². The van der Waals surface area contributed by atoms with E-state index in [-0.39, 0.29) is 30.5 Å². The molecule has 0 unspecified atom stereocenters. The molecule has 3 amide bonds. The number of amides is 3. The lowest BCUT2D eigenvalue weighted by Gasteiger charge is -2.40. The number of carbonyl (C=O) groups is 2.